The molecule has 0 radical (unpaired) electrons. The summed E-state index contributed by atoms with van der Waals surface area (Å²) < 4.78 is 1.13. The number of nitrogens with one attached hydrogen (secondary N) is 1. The second-order valence-electron chi connectivity index (χ2n) is 2.13. The Labute approximate surface area is 66.9 Å². The molecular formula is C6H5N5O. The van der Waals surface area contributed by atoms with E-state index in [0.717, 1.165) is 4.68 Å². The maximum absolute atomic E-state index is 11.0. The minimum Gasteiger partial charge on any atom is -0.262 e. The monoisotopic (exact) mass is 163 g/mol. The SMILES string of the molecule is O=c1[nH]nnn1-c1cccnc1. The Bertz CT molecular complexity index is 417. The van der Waals surface area contributed by atoms with Crippen molar-refractivity contribution in [3.8, 4) is 5.69 Å². The van der Waals surface area contributed by atoms with E-state index in [-0.39, 0.29) is 5.69 Å². The highest BCUT2D eigenvalue weighted by Crippen LogP contribution is 1.96. The first-order valence-electron chi connectivity index (χ1n) is 3.29. The van der Waals surface area contributed by atoms with E-state index >= 15 is 0 Å². The number of aromatic nitrogens is 5. The number of H-pyrrole nitrogens is 1. The van der Waals surface area contributed by atoms with Crippen molar-refractivity contribution in [1.29, 1.82) is 0 Å². The molecule has 1 N–H and O–H groups in total. The minimum atomic E-state index is -0.372. The average Bonchev–Trinajstić information content (AvgIpc) is 2.53. The molecule has 2 heterocycles. The topological polar surface area (TPSA) is 76.5 Å². The van der Waals surface area contributed by atoms with E-state index in [1.54, 1.807) is 18.3 Å². The van der Waals surface area contributed by atoms with E-state index < -0.39 is 0 Å². The fourth-order valence-electron chi connectivity index (χ4n) is 0.846. The maximum Gasteiger partial charge on any atom is 0.365 e. The zero-order valence-corrected chi connectivity index (χ0v) is 6.01. The van der Waals surface area contributed by atoms with E-state index in [9.17, 15) is 4.79 Å². The van der Waals surface area contributed by atoms with Gasteiger partial charge in [0.2, 0.25) is 0 Å². The quantitative estimate of drug-likeness (QED) is 0.606. The largest absolute Gasteiger partial charge is 0.365 e. The van der Waals surface area contributed by atoms with Crippen LogP contribution in [0.5, 0.6) is 0 Å². The van der Waals surface area contributed by atoms with Crippen LogP contribution in [0.3, 0.4) is 0 Å². The summed E-state index contributed by atoms with van der Waals surface area (Å²) in [5.74, 6) is 0. The Kier molecular flexibility index (Phi) is 1.44. The molecule has 0 aliphatic heterocycles. The van der Waals surface area contributed by atoms with Gasteiger partial charge in [-0.3, -0.25) is 4.98 Å². The van der Waals surface area contributed by atoms with Gasteiger partial charge in [0.1, 0.15) is 0 Å². The molecule has 0 saturated carbocycles. The van der Waals surface area contributed by atoms with Crippen molar-refractivity contribution in [2.24, 2.45) is 0 Å². The summed E-state index contributed by atoms with van der Waals surface area (Å²) >= 11 is 0. The van der Waals surface area contributed by atoms with E-state index in [1.165, 1.54) is 6.20 Å². The third-order valence-electron chi connectivity index (χ3n) is 1.36. The summed E-state index contributed by atoms with van der Waals surface area (Å²) in [6.07, 6.45) is 3.15. The van der Waals surface area contributed by atoms with Gasteiger partial charge in [-0.15, -0.1) is 0 Å². The second kappa shape index (κ2) is 2.57. The Balaban J connectivity index is 2.59. The summed E-state index contributed by atoms with van der Waals surface area (Å²) in [5, 5.41) is 9.08. The molecule has 12 heavy (non-hydrogen) atoms. The average molecular weight is 163 g/mol. The van der Waals surface area contributed by atoms with Gasteiger partial charge in [-0.2, -0.15) is 4.68 Å². The Morgan fingerprint density at radius 3 is 3.00 bits per heavy atom. The molecule has 0 unspecified atom stereocenters. The summed E-state index contributed by atoms with van der Waals surface area (Å²) in [6.45, 7) is 0. The summed E-state index contributed by atoms with van der Waals surface area (Å²) in [5.41, 5.74) is 0.222. The molecule has 0 aliphatic rings. The number of pyridine rings is 1. The summed E-state index contributed by atoms with van der Waals surface area (Å²) in [7, 11) is 0. The molecule has 2 aromatic rings. The zero-order valence-electron chi connectivity index (χ0n) is 6.01. The zero-order chi connectivity index (χ0) is 8.39. The molecule has 0 bridgehead atoms. The van der Waals surface area contributed by atoms with Crippen molar-refractivity contribution in [3.63, 3.8) is 0 Å². The van der Waals surface area contributed by atoms with Gasteiger partial charge in [-0.05, 0) is 22.6 Å². The van der Waals surface area contributed by atoms with Crippen molar-refractivity contribution < 1.29 is 0 Å². The highest BCUT2D eigenvalue weighted by atomic mass is 16.2. The van der Waals surface area contributed by atoms with Crippen LogP contribution in [0.1, 0.15) is 0 Å². The van der Waals surface area contributed by atoms with Crippen LogP contribution < -0.4 is 5.69 Å². The lowest BCUT2D eigenvalue weighted by Gasteiger charge is -1.93. The van der Waals surface area contributed by atoms with Gasteiger partial charge in [0.15, 0.2) is 0 Å². The molecule has 0 atom stereocenters. The van der Waals surface area contributed by atoms with Crippen LogP contribution in [0.15, 0.2) is 29.3 Å². The van der Waals surface area contributed by atoms with Gasteiger partial charge >= 0.3 is 5.69 Å². The van der Waals surface area contributed by atoms with Crippen LogP contribution in [0, 0.1) is 0 Å². The predicted octanol–water partition coefficient (Wildman–Crippen LogP) is -0.649. The minimum absolute atomic E-state index is 0.372. The number of hydrogen-bond acceptors (Lipinski definition) is 4. The van der Waals surface area contributed by atoms with Crippen LogP contribution in [0.25, 0.3) is 5.69 Å². The van der Waals surface area contributed by atoms with Gasteiger partial charge in [-0.1, -0.05) is 0 Å². The molecule has 60 valence electrons. The third-order valence-corrected chi connectivity index (χ3v) is 1.36. The lowest BCUT2D eigenvalue weighted by molar-refractivity contribution is 0.776. The van der Waals surface area contributed by atoms with Crippen LogP contribution in [-0.2, 0) is 0 Å². The Morgan fingerprint density at radius 2 is 2.42 bits per heavy atom. The van der Waals surface area contributed by atoms with Crippen molar-refractivity contribution in [2.75, 3.05) is 0 Å². The van der Waals surface area contributed by atoms with Gasteiger partial charge in [0, 0.05) is 6.20 Å². The highest BCUT2D eigenvalue weighted by Gasteiger charge is 2.00. The Morgan fingerprint density at radius 1 is 1.50 bits per heavy atom. The first-order valence-corrected chi connectivity index (χ1v) is 3.29. The molecule has 0 spiro atoms. The third kappa shape index (κ3) is 0.986. The van der Waals surface area contributed by atoms with Crippen molar-refractivity contribution >= 4 is 0 Å². The molecule has 0 amide bonds. The van der Waals surface area contributed by atoms with E-state index in [4.69, 9.17) is 0 Å². The first kappa shape index (κ1) is 6.71. The van der Waals surface area contributed by atoms with E-state index in [2.05, 4.69) is 20.5 Å². The summed E-state index contributed by atoms with van der Waals surface area (Å²) in [4.78, 5) is 14.8. The number of aromatic amines is 1. The van der Waals surface area contributed by atoms with Gasteiger partial charge in [0.25, 0.3) is 0 Å². The highest BCUT2D eigenvalue weighted by molar-refractivity contribution is 5.24. The lowest BCUT2D eigenvalue weighted by Crippen LogP contribution is -2.15. The number of rotatable bonds is 1. The van der Waals surface area contributed by atoms with Crippen molar-refractivity contribution in [1.82, 2.24) is 25.2 Å². The van der Waals surface area contributed by atoms with Gasteiger partial charge in [0.05, 0.1) is 11.9 Å². The molecule has 0 fully saturated rings. The smallest absolute Gasteiger partial charge is 0.262 e. The van der Waals surface area contributed by atoms with Crippen molar-refractivity contribution in [3.05, 3.63) is 35.0 Å². The second-order valence-corrected chi connectivity index (χ2v) is 2.13. The molecule has 2 aromatic heterocycles. The predicted molar refractivity (Wildman–Crippen MR) is 39.8 cm³/mol. The molecule has 6 heteroatoms. The number of nitrogens with zero attached hydrogens (tertiary/aromatic N) is 4. The molecule has 0 saturated heterocycles. The van der Waals surface area contributed by atoms with Gasteiger partial charge < -0.3 is 0 Å². The first-order chi connectivity index (χ1) is 5.88. The lowest BCUT2D eigenvalue weighted by atomic mass is 10.4. The normalized spacial score (nSPS) is 10.0. The Hall–Kier alpha value is -1.98. The fraction of sp³-hybridized carbons (Fsp3) is 0. The fourth-order valence-corrected chi connectivity index (χ4v) is 0.846. The number of tetrazole rings is 1. The molecule has 6 nitrogen and oxygen atoms in total. The van der Waals surface area contributed by atoms with Crippen LogP contribution >= 0.6 is 0 Å². The van der Waals surface area contributed by atoms with E-state index in [0.29, 0.717) is 5.69 Å². The van der Waals surface area contributed by atoms with Crippen molar-refractivity contribution in [2.45, 2.75) is 0 Å². The maximum atomic E-state index is 11.0. The van der Waals surface area contributed by atoms with Crippen LogP contribution in [-0.4, -0.2) is 25.2 Å². The standard InChI is InChI=1S/C6H5N5O/c12-6-8-9-10-11(6)5-2-1-3-7-4-5/h1-4H,(H,8,10,12). The van der Waals surface area contributed by atoms with Crippen LogP contribution in [0.2, 0.25) is 0 Å². The summed E-state index contributed by atoms with van der Waals surface area (Å²) in [6, 6.07) is 3.44. The molecule has 0 aromatic carbocycles. The molecular weight excluding hydrogens is 158 g/mol. The number of hydrogen-bond donors (Lipinski definition) is 1. The van der Waals surface area contributed by atoms with E-state index in [1.807, 2.05) is 0 Å². The van der Waals surface area contributed by atoms with Crippen LogP contribution in [0.4, 0.5) is 0 Å². The molecule has 0 aliphatic carbocycles. The molecule has 2 rings (SSSR count). The van der Waals surface area contributed by atoms with Gasteiger partial charge in [-0.25, -0.2) is 9.89 Å².